The van der Waals surface area contributed by atoms with Crippen molar-refractivity contribution in [1.29, 1.82) is 0 Å². The molecule has 6 N–H and O–H groups in total. The number of amides is 6. The summed E-state index contributed by atoms with van der Waals surface area (Å²) in [6, 6.07) is 14.8. The lowest BCUT2D eigenvalue weighted by molar-refractivity contribution is -0.139. The van der Waals surface area contributed by atoms with Gasteiger partial charge in [-0.2, -0.15) is 0 Å². The third-order valence-corrected chi connectivity index (χ3v) is 11.1. The second-order valence-corrected chi connectivity index (χ2v) is 16.2. The number of likely N-dealkylation sites (tertiary alicyclic amines) is 1. The van der Waals surface area contributed by atoms with Crippen LogP contribution in [0.25, 0.3) is 10.9 Å². The van der Waals surface area contributed by atoms with E-state index in [2.05, 4.69) is 49.4 Å². The summed E-state index contributed by atoms with van der Waals surface area (Å²) in [7, 11) is 3.35. The second-order valence-electron chi connectivity index (χ2n) is 16.2. The van der Waals surface area contributed by atoms with Crippen molar-refractivity contribution in [2.45, 2.75) is 97.1 Å². The van der Waals surface area contributed by atoms with E-state index >= 15 is 0 Å². The zero-order valence-electron chi connectivity index (χ0n) is 38.2. The summed E-state index contributed by atoms with van der Waals surface area (Å²) >= 11 is 0. The number of benzene rings is 2. The van der Waals surface area contributed by atoms with Crippen LogP contribution in [0, 0.1) is 5.92 Å². The Bertz CT molecular complexity index is 2050. The summed E-state index contributed by atoms with van der Waals surface area (Å²) in [5.41, 5.74) is 3.36. The molecule has 0 spiro atoms. The number of alkyl carbamates (subject to hydrolysis) is 1. The number of ether oxygens (including phenoxy) is 3. The number of anilines is 1. The van der Waals surface area contributed by atoms with Gasteiger partial charge in [-0.3, -0.25) is 28.8 Å². The molecule has 1 fully saturated rings. The minimum atomic E-state index is -0.984. The molecular weight excluding hydrogens is 841 g/mol. The molecular formula is C46H66N8O11. The maximum atomic E-state index is 13.8. The van der Waals surface area contributed by atoms with E-state index in [0.717, 1.165) is 16.6 Å². The van der Waals surface area contributed by atoms with Crippen LogP contribution in [0.2, 0.25) is 0 Å². The summed E-state index contributed by atoms with van der Waals surface area (Å²) < 4.78 is 18.2. The lowest BCUT2D eigenvalue weighted by Crippen LogP contribution is -2.54. The summed E-state index contributed by atoms with van der Waals surface area (Å²) in [5.74, 6) is -3.09. The smallest absolute Gasteiger partial charge is 0.407 e. The van der Waals surface area contributed by atoms with Crippen LogP contribution in [0.3, 0.4) is 0 Å². The van der Waals surface area contributed by atoms with Gasteiger partial charge in [0.15, 0.2) is 0 Å². The van der Waals surface area contributed by atoms with Gasteiger partial charge in [-0.05, 0) is 67.9 Å². The number of para-hydroxylation sites is 1. The number of carboxylic acid groups (broad SMARTS) is 1. The van der Waals surface area contributed by atoms with Crippen molar-refractivity contribution in [3.05, 3.63) is 65.9 Å². The predicted octanol–water partition coefficient (Wildman–Crippen LogP) is 3.00. The minimum Gasteiger partial charge on any atom is -0.481 e. The molecule has 356 valence electrons. The number of hydrogen-bond acceptors (Lipinski definition) is 11. The van der Waals surface area contributed by atoms with Gasteiger partial charge in [-0.15, -0.1) is 0 Å². The van der Waals surface area contributed by atoms with Gasteiger partial charge in [0.2, 0.25) is 29.5 Å². The molecule has 0 bridgehead atoms. The molecule has 19 nitrogen and oxygen atoms in total. The fourth-order valence-electron chi connectivity index (χ4n) is 7.48. The number of rotatable bonds is 26. The average molecular weight is 907 g/mol. The Hall–Kier alpha value is -6.05. The zero-order chi connectivity index (χ0) is 47.3. The summed E-state index contributed by atoms with van der Waals surface area (Å²) in [5, 5.41) is 23.6. The normalized spacial score (nSPS) is 13.8. The van der Waals surface area contributed by atoms with Crippen molar-refractivity contribution in [3.63, 3.8) is 0 Å². The van der Waals surface area contributed by atoms with E-state index in [1.165, 1.54) is 14.0 Å². The van der Waals surface area contributed by atoms with Gasteiger partial charge in [0.1, 0.15) is 18.7 Å². The fraction of sp³-hybridized carbons (Fsp3) is 0.543. The van der Waals surface area contributed by atoms with Crippen molar-refractivity contribution in [2.75, 3.05) is 65.5 Å². The van der Waals surface area contributed by atoms with Crippen LogP contribution in [0.4, 0.5) is 10.5 Å². The van der Waals surface area contributed by atoms with Crippen LogP contribution in [0.5, 0.6) is 0 Å². The number of aryl methyl sites for hydroxylation is 1. The number of carbonyl (C=O) groups is 7. The molecule has 2 atom stereocenters. The first-order valence-corrected chi connectivity index (χ1v) is 22.2. The Kier molecular flexibility index (Phi) is 21.2. The third kappa shape index (κ3) is 16.8. The Morgan fingerprint density at radius 1 is 0.815 bits per heavy atom. The molecule has 1 aliphatic rings. The summed E-state index contributed by atoms with van der Waals surface area (Å²) in [4.78, 5) is 92.6. The Morgan fingerprint density at radius 2 is 1.51 bits per heavy atom. The largest absolute Gasteiger partial charge is 0.481 e. The number of aliphatic carboxylic acids is 1. The number of nitrogens with one attached hydrogen (secondary N) is 5. The molecule has 1 aliphatic heterocycles. The fourth-order valence-corrected chi connectivity index (χ4v) is 7.48. The molecule has 2 unspecified atom stereocenters. The topological polar surface area (TPSA) is 239 Å². The number of piperidine rings is 1. The van der Waals surface area contributed by atoms with Crippen molar-refractivity contribution in [1.82, 2.24) is 35.6 Å². The van der Waals surface area contributed by atoms with Gasteiger partial charge in [-0.1, -0.05) is 44.2 Å². The first kappa shape index (κ1) is 51.6. The third-order valence-electron chi connectivity index (χ3n) is 11.1. The average Bonchev–Trinajstić information content (AvgIpc) is 3.64. The molecule has 65 heavy (non-hydrogen) atoms. The van der Waals surface area contributed by atoms with E-state index in [-0.39, 0.29) is 82.6 Å². The molecule has 2 heterocycles. The van der Waals surface area contributed by atoms with E-state index in [1.807, 2.05) is 24.1 Å². The summed E-state index contributed by atoms with van der Waals surface area (Å²) in [6.07, 6.45) is 0.406. The number of fused-ring (bicyclic) bond motifs is 1. The Morgan fingerprint density at radius 3 is 2.17 bits per heavy atom. The van der Waals surface area contributed by atoms with Crippen molar-refractivity contribution in [3.8, 4) is 0 Å². The van der Waals surface area contributed by atoms with Crippen LogP contribution in [0.15, 0.2) is 54.6 Å². The minimum absolute atomic E-state index is 0.0358. The predicted molar refractivity (Wildman–Crippen MR) is 242 cm³/mol. The number of nitrogens with zero attached hydrogens (tertiary/aromatic N) is 3. The van der Waals surface area contributed by atoms with Gasteiger partial charge < -0.3 is 60.3 Å². The van der Waals surface area contributed by atoms with E-state index in [1.54, 1.807) is 43.0 Å². The lowest BCUT2D eigenvalue weighted by Gasteiger charge is -2.39. The second kappa shape index (κ2) is 26.7. The van der Waals surface area contributed by atoms with Crippen LogP contribution >= 0.6 is 0 Å². The highest BCUT2D eigenvalue weighted by molar-refractivity contribution is 5.98. The molecule has 2 aromatic carbocycles. The SMILES string of the molecule is CNCc1cc2ccccc2n1CCC(=O)N1CCC(N(CCOCCOCCC(=O)O)C(=O)CCC(=O)NC(C(=O)NC(C)C(=O)Nc2ccc(COC(=O)NC)cc2)C(C)C)CC1. The molecule has 4 rings (SSSR count). The van der Waals surface area contributed by atoms with Crippen LogP contribution in [-0.4, -0.2) is 139 Å². The molecule has 0 aliphatic carbocycles. The van der Waals surface area contributed by atoms with Gasteiger partial charge >= 0.3 is 12.1 Å². The lowest BCUT2D eigenvalue weighted by atomic mass is 10.0. The van der Waals surface area contributed by atoms with Crippen LogP contribution in [-0.2, 0) is 62.7 Å². The molecule has 0 saturated carbocycles. The van der Waals surface area contributed by atoms with Crippen LogP contribution in [0.1, 0.15) is 70.6 Å². The van der Waals surface area contributed by atoms with E-state index < -0.39 is 41.9 Å². The van der Waals surface area contributed by atoms with E-state index in [0.29, 0.717) is 56.7 Å². The first-order valence-electron chi connectivity index (χ1n) is 22.2. The number of hydrogen-bond donors (Lipinski definition) is 6. The Balaban J connectivity index is 1.29. The highest BCUT2D eigenvalue weighted by atomic mass is 16.5. The van der Waals surface area contributed by atoms with Crippen LogP contribution < -0.4 is 26.6 Å². The molecule has 19 heteroatoms. The maximum Gasteiger partial charge on any atom is 0.407 e. The highest BCUT2D eigenvalue weighted by Crippen LogP contribution is 2.23. The number of carbonyl (C=O) groups excluding carboxylic acids is 6. The molecule has 0 radical (unpaired) electrons. The Labute approximate surface area is 380 Å². The standard InChI is InChI=1S/C46H66N8O11/c1-31(2)43(45(61)49-32(3)44(60)50-35-12-10-33(11-13-35)30-65-46(62)48-5)51-39(55)14-15-41(57)54(23-25-64-27-26-63-24-19-42(58)59)36-16-20-52(21-17-36)40(56)18-22-53-37(29-47-4)28-34-8-6-7-9-38(34)53/h6-13,28,31-32,36,43,47H,14-27,29-30H2,1-5H3,(H,48,62)(H,49,61)(H,50,60)(H,51,55)(H,58,59). The van der Waals surface area contributed by atoms with Gasteiger partial charge in [0.05, 0.1) is 32.8 Å². The van der Waals surface area contributed by atoms with Gasteiger partial charge in [0, 0.05) is 82.0 Å². The summed E-state index contributed by atoms with van der Waals surface area (Å²) in [6.45, 7) is 8.10. The molecule has 1 aromatic heterocycles. The van der Waals surface area contributed by atoms with Gasteiger partial charge in [-0.25, -0.2) is 4.79 Å². The van der Waals surface area contributed by atoms with Gasteiger partial charge in [0.25, 0.3) is 0 Å². The number of carboxylic acids is 1. The van der Waals surface area contributed by atoms with E-state index in [4.69, 9.17) is 19.3 Å². The quantitative estimate of drug-likeness (QED) is 0.0638. The monoisotopic (exact) mass is 906 g/mol. The highest BCUT2D eigenvalue weighted by Gasteiger charge is 2.31. The first-order chi connectivity index (χ1) is 31.2. The van der Waals surface area contributed by atoms with E-state index in [9.17, 15) is 33.6 Å². The zero-order valence-corrected chi connectivity index (χ0v) is 38.2. The van der Waals surface area contributed by atoms with Crippen molar-refractivity contribution in [2.24, 2.45) is 5.92 Å². The molecule has 6 amide bonds. The molecule has 1 saturated heterocycles. The van der Waals surface area contributed by atoms with Crippen molar-refractivity contribution < 1.29 is 52.9 Å². The molecule has 3 aromatic rings. The van der Waals surface area contributed by atoms with Crippen molar-refractivity contribution >= 4 is 58.2 Å². The maximum absolute atomic E-state index is 13.8. The number of aromatic nitrogens is 1.